The molecule has 1 fully saturated rings. The molecule has 0 bridgehead atoms. The molecule has 2 aromatic heterocycles. The average Bonchev–Trinajstić information content (AvgIpc) is 3.42. The fourth-order valence-electron chi connectivity index (χ4n) is 5.28. The molecule has 10 heteroatoms. The predicted molar refractivity (Wildman–Crippen MR) is 121 cm³/mol. The van der Waals surface area contributed by atoms with Crippen molar-refractivity contribution in [2.75, 3.05) is 11.9 Å². The number of nitrogens with zero attached hydrogens (tertiary/aromatic N) is 3. The van der Waals surface area contributed by atoms with Gasteiger partial charge < -0.3 is 15.0 Å². The first-order valence-corrected chi connectivity index (χ1v) is 12.3. The summed E-state index contributed by atoms with van der Waals surface area (Å²) in [5.41, 5.74) is 3.45. The van der Waals surface area contributed by atoms with Crippen molar-refractivity contribution < 1.29 is 18.1 Å². The summed E-state index contributed by atoms with van der Waals surface area (Å²) in [6, 6.07) is 10.6. The second kappa shape index (κ2) is 8.11. The quantitative estimate of drug-likeness (QED) is 0.419. The van der Waals surface area contributed by atoms with Crippen molar-refractivity contribution in [1.29, 1.82) is 0 Å². The molecule has 9 nitrogen and oxygen atoms in total. The minimum atomic E-state index is -4.28. The molecule has 1 saturated carbocycles. The molecule has 32 heavy (non-hydrogen) atoms. The number of aliphatic hydroxyl groups is 1. The lowest BCUT2D eigenvalue weighted by Gasteiger charge is -2.20. The fraction of sp³-hybridized carbons (Fsp3) is 0.455. The Bertz CT molecular complexity index is 1240. The van der Waals surface area contributed by atoms with E-state index >= 15 is 0 Å². The third-order valence-electron chi connectivity index (χ3n) is 6.86. The molecule has 0 unspecified atom stereocenters. The topological polar surface area (TPSA) is 129 Å². The van der Waals surface area contributed by atoms with Gasteiger partial charge in [0.15, 0.2) is 0 Å². The first-order valence-electron chi connectivity index (χ1n) is 10.9. The number of nitrogens with one attached hydrogen (secondary N) is 2. The smallest absolute Gasteiger partial charge is 0.333 e. The van der Waals surface area contributed by atoms with Gasteiger partial charge in [-0.15, -0.1) is 0 Å². The number of hydrogen-bond donors (Lipinski definition) is 4. The van der Waals surface area contributed by atoms with Crippen molar-refractivity contribution in [2.45, 2.75) is 44.4 Å². The van der Waals surface area contributed by atoms with Crippen LogP contribution in [0.25, 0.3) is 11.0 Å². The van der Waals surface area contributed by atoms with Crippen molar-refractivity contribution in [1.82, 2.24) is 19.3 Å². The number of aromatic nitrogens is 3. The fourth-order valence-corrected chi connectivity index (χ4v) is 5.70. The van der Waals surface area contributed by atoms with E-state index in [0.717, 1.165) is 23.3 Å². The number of hydrogen-bond acceptors (Lipinski definition) is 6. The highest BCUT2D eigenvalue weighted by Gasteiger charge is 2.35. The molecule has 2 aliphatic carbocycles. The molecule has 4 N–H and O–H groups in total. The van der Waals surface area contributed by atoms with E-state index in [1.165, 1.54) is 11.1 Å². The predicted octanol–water partition coefficient (Wildman–Crippen LogP) is 2.48. The van der Waals surface area contributed by atoms with Gasteiger partial charge in [0.2, 0.25) is 0 Å². The van der Waals surface area contributed by atoms with Gasteiger partial charge >= 0.3 is 10.3 Å². The normalized spacial score (nSPS) is 27.7. The number of benzene rings is 1. The summed E-state index contributed by atoms with van der Waals surface area (Å²) < 4.78 is 35.0. The van der Waals surface area contributed by atoms with E-state index in [9.17, 15) is 13.5 Å². The monoisotopic (exact) mass is 457 g/mol. The Morgan fingerprint density at radius 3 is 2.81 bits per heavy atom. The molecule has 0 spiro atoms. The van der Waals surface area contributed by atoms with Gasteiger partial charge in [-0.05, 0) is 42.4 Å². The van der Waals surface area contributed by atoms with Crippen LogP contribution < -0.4 is 10.0 Å². The van der Waals surface area contributed by atoms with E-state index in [2.05, 4.69) is 51.2 Å². The first kappa shape index (κ1) is 21.3. The minimum Gasteiger partial charge on any atom is -0.393 e. The molecule has 0 saturated heterocycles. The Labute approximate surface area is 186 Å². The third kappa shape index (κ3) is 3.99. The highest BCUT2D eigenvalue weighted by molar-refractivity contribution is 7.83. The van der Waals surface area contributed by atoms with E-state index in [4.69, 9.17) is 4.55 Å². The van der Waals surface area contributed by atoms with Gasteiger partial charge in [-0.1, -0.05) is 31.2 Å². The standard InChI is InChI=1S/C22H27N5O4S/c1-13-8-14-4-2-3-5-17(14)20(13)26-21-18-6-7-27(22(18)24-12-23-21)16-9-15(19(28)10-16)11-25-32(29,30)31/h2-7,12-13,15-16,19-20,25,28H,8-11H2,1H3,(H,23,24,26)(H,29,30,31)/t13-,15-,16+,19-,20-/m0/s1. The molecular weight excluding hydrogens is 430 g/mol. The van der Waals surface area contributed by atoms with Gasteiger partial charge in [-0.25, -0.2) is 9.97 Å². The molecular formula is C22H27N5O4S. The van der Waals surface area contributed by atoms with Crippen LogP contribution >= 0.6 is 0 Å². The van der Waals surface area contributed by atoms with Crippen LogP contribution in [0.15, 0.2) is 42.9 Å². The third-order valence-corrected chi connectivity index (χ3v) is 7.39. The van der Waals surface area contributed by atoms with Crippen LogP contribution in [0.1, 0.15) is 43.0 Å². The maximum atomic E-state index is 11.0. The van der Waals surface area contributed by atoms with Crippen LogP contribution in [-0.2, 0) is 16.7 Å². The Kier molecular flexibility index (Phi) is 5.40. The summed E-state index contributed by atoms with van der Waals surface area (Å²) in [4.78, 5) is 9.01. The summed E-state index contributed by atoms with van der Waals surface area (Å²) in [7, 11) is -4.28. The van der Waals surface area contributed by atoms with Crippen LogP contribution in [0.2, 0.25) is 0 Å². The molecule has 0 amide bonds. The molecule has 170 valence electrons. The molecule has 5 atom stereocenters. The highest BCUT2D eigenvalue weighted by atomic mass is 32.2. The Balaban J connectivity index is 1.38. The van der Waals surface area contributed by atoms with E-state index in [0.29, 0.717) is 18.8 Å². The first-order chi connectivity index (χ1) is 15.3. The van der Waals surface area contributed by atoms with E-state index in [1.807, 2.05) is 16.8 Å². The van der Waals surface area contributed by atoms with Crippen molar-refractivity contribution in [3.63, 3.8) is 0 Å². The van der Waals surface area contributed by atoms with E-state index < -0.39 is 16.4 Å². The highest BCUT2D eigenvalue weighted by Crippen LogP contribution is 2.40. The summed E-state index contributed by atoms with van der Waals surface area (Å²) in [5.74, 6) is 0.945. The number of fused-ring (bicyclic) bond motifs is 2. The molecule has 0 aliphatic heterocycles. The van der Waals surface area contributed by atoms with Gasteiger partial charge in [-0.2, -0.15) is 13.1 Å². The van der Waals surface area contributed by atoms with Gasteiger partial charge in [0.25, 0.3) is 0 Å². The Hall–Kier alpha value is -2.53. The molecule has 5 rings (SSSR count). The van der Waals surface area contributed by atoms with Crippen LogP contribution in [0.4, 0.5) is 5.82 Å². The number of aliphatic hydroxyl groups excluding tert-OH is 1. The number of rotatable bonds is 6. The van der Waals surface area contributed by atoms with Crippen LogP contribution in [0.3, 0.4) is 0 Å². The molecule has 2 heterocycles. The summed E-state index contributed by atoms with van der Waals surface area (Å²) in [6.45, 7) is 2.23. The molecule has 1 aromatic carbocycles. The van der Waals surface area contributed by atoms with Crippen LogP contribution in [-0.4, -0.2) is 45.3 Å². The van der Waals surface area contributed by atoms with Gasteiger partial charge in [-0.3, -0.25) is 4.55 Å². The van der Waals surface area contributed by atoms with Crippen molar-refractivity contribution in [3.05, 3.63) is 54.0 Å². The second-order valence-electron chi connectivity index (χ2n) is 8.96. The molecule has 0 radical (unpaired) electrons. The summed E-state index contributed by atoms with van der Waals surface area (Å²) in [6.07, 6.45) is 4.93. The molecule has 2 aliphatic rings. The summed E-state index contributed by atoms with van der Waals surface area (Å²) in [5, 5.41) is 15.0. The zero-order chi connectivity index (χ0) is 22.5. The average molecular weight is 458 g/mol. The second-order valence-corrected chi connectivity index (χ2v) is 10.2. The van der Waals surface area contributed by atoms with Gasteiger partial charge in [0, 0.05) is 24.7 Å². The van der Waals surface area contributed by atoms with Crippen molar-refractivity contribution >= 4 is 27.2 Å². The largest absolute Gasteiger partial charge is 0.393 e. The lowest BCUT2D eigenvalue weighted by molar-refractivity contribution is 0.133. The number of anilines is 1. The maximum Gasteiger partial charge on any atom is 0.333 e. The SMILES string of the molecule is C[C@H]1Cc2ccccc2[C@H]1Nc1ncnc2c1ccn2[C@@H]1C[C@@H](CNS(=O)(=O)O)[C@@H](O)C1. The molecule has 3 aromatic rings. The van der Waals surface area contributed by atoms with Crippen molar-refractivity contribution in [2.24, 2.45) is 11.8 Å². The Morgan fingerprint density at radius 1 is 1.19 bits per heavy atom. The zero-order valence-corrected chi connectivity index (χ0v) is 18.5. The Morgan fingerprint density at radius 2 is 2.00 bits per heavy atom. The van der Waals surface area contributed by atoms with E-state index in [-0.39, 0.29) is 24.5 Å². The lowest BCUT2D eigenvalue weighted by atomic mass is 10.0. The zero-order valence-electron chi connectivity index (χ0n) is 17.7. The maximum absolute atomic E-state index is 11.0. The minimum absolute atomic E-state index is 0.00350. The van der Waals surface area contributed by atoms with Gasteiger partial charge in [0.1, 0.15) is 17.8 Å². The van der Waals surface area contributed by atoms with Crippen molar-refractivity contribution in [3.8, 4) is 0 Å². The van der Waals surface area contributed by atoms with Crippen LogP contribution in [0, 0.1) is 11.8 Å². The summed E-state index contributed by atoms with van der Waals surface area (Å²) >= 11 is 0. The van der Waals surface area contributed by atoms with Crippen LogP contribution in [0.5, 0.6) is 0 Å². The van der Waals surface area contributed by atoms with Gasteiger partial charge in [0.05, 0.1) is 17.5 Å². The lowest BCUT2D eigenvalue weighted by Crippen LogP contribution is -2.31. The van der Waals surface area contributed by atoms with E-state index in [1.54, 1.807) is 6.33 Å².